The van der Waals surface area contributed by atoms with Crippen molar-refractivity contribution < 1.29 is 26.0 Å². The third-order valence-electron chi connectivity index (χ3n) is 3.93. The Kier molecular flexibility index (Phi) is 4.81. The van der Waals surface area contributed by atoms with Gasteiger partial charge in [0.25, 0.3) is 0 Å². The molecule has 0 bridgehead atoms. The summed E-state index contributed by atoms with van der Waals surface area (Å²) < 4.78 is 79.0. The number of sulfonamides is 1. The van der Waals surface area contributed by atoms with Crippen LogP contribution in [0.25, 0.3) is 0 Å². The zero-order valence-electron chi connectivity index (χ0n) is 12.0. The molecule has 1 fully saturated rings. The van der Waals surface area contributed by atoms with Gasteiger partial charge in [-0.25, -0.2) is 17.5 Å². The minimum Gasteiger partial charge on any atom is -0.207 e. The molecule has 0 heterocycles. The van der Waals surface area contributed by atoms with E-state index in [0.29, 0.717) is 12.8 Å². The lowest BCUT2D eigenvalue weighted by atomic mass is 9.85. The van der Waals surface area contributed by atoms with E-state index in [1.165, 1.54) is 13.0 Å². The van der Waals surface area contributed by atoms with Crippen LogP contribution in [0.2, 0.25) is 0 Å². The summed E-state index contributed by atoms with van der Waals surface area (Å²) >= 11 is 0. The molecule has 0 saturated heterocycles. The first-order valence-electron chi connectivity index (χ1n) is 6.96. The minimum absolute atomic E-state index is 0.0984. The summed E-state index contributed by atoms with van der Waals surface area (Å²) in [6.07, 6.45) is -3.48. The van der Waals surface area contributed by atoms with Crippen molar-refractivity contribution in [1.82, 2.24) is 4.72 Å². The standard InChI is InChI=1S/C14H17F4NO2S/c1-9-6-7-10(15)8-13(9)22(20,21)19-12-5-3-2-4-11(12)14(16,17)18/h6-8,11-12,19H,2-5H2,1H3/t11-,12-/m1/s1. The number of hydrogen-bond donors (Lipinski definition) is 1. The molecule has 1 N–H and O–H groups in total. The van der Waals surface area contributed by atoms with Gasteiger partial charge in [-0.3, -0.25) is 0 Å². The summed E-state index contributed by atoms with van der Waals surface area (Å²) in [6, 6.07) is 2.00. The van der Waals surface area contributed by atoms with Crippen LogP contribution in [0.4, 0.5) is 17.6 Å². The molecule has 2 rings (SSSR count). The number of halogens is 4. The van der Waals surface area contributed by atoms with E-state index >= 15 is 0 Å². The van der Waals surface area contributed by atoms with Crippen LogP contribution >= 0.6 is 0 Å². The molecule has 22 heavy (non-hydrogen) atoms. The number of hydrogen-bond acceptors (Lipinski definition) is 2. The number of aryl methyl sites for hydroxylation is 1. The molecule has 1 saturated carbocycles. The lowest BCUT2D eigenvalue weighted by molar-refractivity contribution is -0.187. The van der Waals surface area contributed by atoms with Gasteiger partial charge in [-0.15, -0.1) is 0 Å². The summed E-state index contributed by atoms with van der Waals surface area (Å²) in [5.41, 5.74) is 0.285. The predicted molar refractivity (Wildman–Crippen MR) is 73.3 cm³/mol. The first-order valence-corrected chi connectivity index (χ1v) is 8.45. The van der Waals surface area contributed by atoms with Crippen molar-refractivity contribution in [3.05, 3.63) is 29.6 Å². The van der Waals surface area contributed by atoms with E-state index in [2.05, 4.69) is 4.72 Å². The maximum atomic E-state index is 13.2. The fraction of sp³-hybridized carbons (Fsp3) is 0.571. The predicted octanol–water partition coefficient (Wildman–Crippen LogP) is 3.53. The van der Waals surface area contributed by atoms with Gasteiger partial charge >= 0.3 is 6.18 Å². The molecule has 0 unspecified atom stereocenters. The van der Waals surface area contributed by atoms with Crippen molar-refractivity contribution in [2.45, 2.75) is 49.7 Å². The summed E-state index contributed by atoms with van der Waals surface area (Å²) in [7, 11) is -4.20. The number of nitrogens with one attached hydrogen (secondary N) is 1. The van der Waals surface area contributed by atoms with E-state index in [1.54, 1.807) is 0 Å². The van der Waals surface area contributed by atoms with Crippen molar-refractivity contribution in [2.75, 3.05) is 0 Å². The average molecular weight is 339 g/mol. The zero-order chi connectivity index (χ0) is 16.5. The lowest BCUT2D eigenvalue weighted by Gasteiger charge is -2.33. The molecule has 0 aliphatic heterocycles. The Morgan fingerprint density at radius 1 is 1.18 bits per heavy atom. The van der Waals surface area contributed by atoms with Crippen LogP contribution in [0.5, 0.6) is 0 Å². The molecular weight excluding hydrogens is 322 g/mol. The number of benzene rings is 1. The molecular formula is C14H17F4NO2S. The van der Waals surface area contributed by atoms with Crippen molar-refractivity contribution in [2.24, 2.45) is 5.92 Å². The molecule has 1 aromatic rings. The average Bonchev–Trinajstić information content (AvgIpc) is 2.40. The molecule has 1 aliphatic rings. The fourth-order valence-electron chi connectivity index (χ4n) is 2.79. The molecule has 124 valence electrons. The van der Waals surface area contributed by atoms with E-state index in [-0.39, 0.29) is 23.3 Å². The second-order valence-electron chi connectivity index (χ2n) is 5.57. The largest absolute Gasteiger partial charge is 0.393 e. The molecule has 0 aromatic heterocycles. The van der Waals surface area contributed by atoms with Gasteiger partial charge in [0.15, 0.2) is 0 Å². The third kappa shape index (κ3) is 3.78. The Morgan fingerprint density at radius 3 is 2.45 bits per heavy atom. The van der Waals surface area contributed by atoms with E-state index in [9.17, 15) is 26.0 Å². The Hall–Kier alpha value is -1.15. The zero-order valence-corrected chi connectivity index (χ0v) is 12.8. The highest BCUT2D eigenvalue weighted by molar-refractivity contribution is 7.89. The van der Waals surface area contributed by atoms with Crippen LogP contribution in [-0.4, -0.2) is 20.6 Å². The van der Waals surface area contributed by atoms with Gasteiger partial charge in [0.05, 0.1) is 10.8 Å². The third-order valence-corrected chi connectivity index (χ3v) is 5.56. The molecule has 8 heteroatoms. The van der Waals surface area contributed by atoms with Crippen molar-refractivity contribution in [1.29, 1.82) is 0 Å². The van der Waals surface area contributed by atoms with Gasteiger partial charge in [0.2, 0.25) is 10.0 Å². The first-order chi connectivity index (χ1) is 10.1. The van der Waals surface area contributed by atoms with Crippen LogP contribution < -0.4 is 4.72 Å². The molecule has 3 nitrogen and oxygen atoms in total. The summed E-state index contributed by atoms with van der Waals surface area (Å²) in [4.78, 5) is -0.320. The smallest absolute Gasteiger partial charge is 0.207 e. The maximum Gasteiger partial charge on any atom is 0.393 e. The van der Waals surface area contributed by atoms with Crippen LogP contribution in [0.1, 0.15) is 31.2 Å². The Labute approximate surface area is 126 Å². The van der Waals surface area contributed by atoms with Crippen LogP contribution in [-0.2, 0) is 10.0 Å². The minimum atomic E-state index is -4.45. The first kappa shape index (κ1) is 17.2. The van der Waals surface area contributed by atoms with Gasteiger partial charge in [-0.05, 0) is 37.5 Å². The van der Waals surface area contributed by atoms with Crippen LogP contribution in [0.3, 0.4) is 0 Å². The van der Waals surface area contributed by atoms with Gasteiger partial charge in [0, 0.05) is 6.04 Å². The maximum absolute atomic E-state index is 13.2. The van der Waals surface area contributed by atoms with E-state index in [4.69, 9.17) is 0 Å². The lowest BCUT2D eigenvalue weighted by Crippen LogP contribution is -2.47. The quantitative estimate of drug-likeness (QED) is 0.857. The van der Waals surface area contributed by atoms with Gasteiger partial charge < -0.3 is 0 Å². The Bertz CT molecular complexity index is 643. The monoisotopic (exact) mass is 339 g/mol. The molecule has 2 atom stereocenters. The number of alkyl halides is 3. The molecule has 0 spiro atoms. The fourth-order valence-corrected chi connectivity index (χ4v) is 4.36. The highest BCUT2D eigenvalue weighted by atomic mass is 32.2. The van der Waals surface area contributed by atoms with Crippen molar-refractivity contribution in [3.8, 4) is 0 Å². The van der Waals surface area contributed by atoms with Crippen LogP contribution in [0, 0.1) is 18.7 Å². The SMILES string of the molecule is Cc1ccc(F)cc1S(=O)(=O)N[C@@H]1CCCC[C@H]1C(F)(F)F. The van der Waals surface area contributed by atoms with Crippen molar-refractivity contribution >= 4 is 10.0 Å². The summed E-state index contributed by atoms with van der Waals surface area (Å²) in [5, 5.41) is 0. The van der Waals surface area contributed by atoms with Gasteiger partial charge in [0.1, 0.15) is 5.82 Å². The Balaban J connectivity index is 2.29. The van der Waals surface area contributed by atoms with E-state index in [1.807, 2.05) is 0 Å². The molecule has 0 amide bonds. The van der Waals surface area contributed by atoms with Gasteiger partial charge in [-0.1, -0.05) is 18.9 Å². The highest BCUT2D eigenvalue weighted by Crippen LogP contribution is 2.38. The van der Waals surface area contributed by atoms with Gasteiger partial charge in [-0.2, -0.15) is 13.2 Å². The second-order valence-corrected chi connectivity index (χ2v) is 7.25. The van der Waals surface area contributed by atoms with Crippen molar-refractivity contribution in [3.63, 3.8) is 0 Å². The Morgan fingerprint density at radius 2 is 1.82 bits per heavy atom. The van der Waals surface area contributed by atoms with Crippen LogP contribution in [0.15, 0.2) is 23.1 Å². The summed E-state index contributed by atoms with van der Waals surface area (Å²) in [5.74, 6) is -2.45. The second kappa shape index (κ2) is 6.16. The summed E-state index contributed by atoms with van der Waals surface area (Å²) in [6.45, 7) is 1.47. The normalized spacial score (nSPS) is 23.5. The van der Waals surface area contributed by atoms with E-state index < -0.39 is 34.0 Å². The highest BCUT2D eigenvalue weighted by Gasteiger charge is 2.46. The van der Waals surface area contributed by atoms with E-state index in [0.717, 1.165) is 12.1 Å². The molecule has 1 aliphatic carbocycles. The topological polar surface area (TPSA) is 46.2 Å². The number of rotatable bonds is 3. The molecule has 0 radical (unpaired) electrons. The molecule has 1 aromatic carbocycles.